The molecule has 0 heterocycles. The third-order valence-electron chi connectivity index (χ3n) is 3.00. The van der Waals surface area contributed by atoms with E-state index in [9.17, 15) is 4.79 Å². The first kappa shape index (κ1) is 12.4. The van der Waals surface area contributed by atoms with Crippen LogP contribution in [0, 0.1) is 0 Å². The fraction of sp³-hybridized carbons (Fsp3) is 0.188. The van der Waals surface area contributed by atoms with Crippen molar-refractivity contribution in [2.75, 3.05) is 0 Å². The monoisotopic (exact) mass is 239 g/mol. The molecule has 0 radical (unpaired) electrons. The van der Waals surface area contributed by atoms with Crippen LogP contribution in [-0.2, 0) is 4.79 Å². The summed E-state index contributed by atoms with van der Waals surface area (Å²) in [6, 6.07) is 14.4. The van der Waals surface area contributed by atoms with Gasteiger partial charge in [-0.2, -0.15) is 0 Å². The van der Waals surface area contributed by atoms with Crippen LogP contribution in [-0.4, -0.2) is 5.91 Å². The number of carbonyl (C=O) groups is 1. The highest BCUT2D eigenvalue weighted by atomic mass is 16.1. The first-order valence-electron chi connectivity index (χ1n) is 6.10. The number of carbonyl (C=O) groups excluding carboxylic acids is 1. The molecular formula is C16H17NO. The Bertz CT molecular complexity index is 569. The van der Waals surface area contributed by atoms with E-state index in [1.807, 2.05) is 25.1 Å². The smallest absolute Gasteiger partial charge is 0.224 e. The summed E-state index contributed by atoms with van der Waals surface area (Å²) in [5.74, 6) is 0.00503. The maximum absolute atomic E-state index is 11.6. The third kappa shape index (κ3) is 2.59. The lowest BCUT2D eigenvalue weighted by atomic mass is 9.99. The van der Waals surface area contributed by atoms with Crippen LogP contribution in [0.5, 0.6) is 0 Å². The Hall–Kier alpha value is -2.09. The summed E-state index contributed by atoms with van der Waals surface area (Å²) in [6.07, 6.45) is 1.97. The second-order valence-corrected chi connectivity index (χ2v) is 4.35. The lowest BCUT2D eigenvalue weighted by Crippen LogP contribution is -2.25. The van der Waals surface area contributed by atoms with Crippen molar-refractivity contribution >= 4 is 16.7 Å². The maximum Gasteiger partial charge on any atom is 0.224 e. The highest BCUT2D eigenvalue weighted by molar-refractivity contribution is 5.87. The minimum atomic E-state index is 0.00329. The summed E-state index contributed by atoms with van der Waals surface area (Å²) < 4.78 is 0. The SMILES string of the molecule is C=CCC(=O)NC(C)c1cccc2ccccc12. The van der Waals surface area contributed by atoms with Crippen LogP contribution in [0.25, 0.3) is 10.8 Å². The average Bonchev–Trinajstić information content (AvgIpc) is 2.38. The van der Waals surface area contributed by atoms with Crippen molar-refractivity contribution in [2.45, 2.75) is 19.4 Å². The van der Waals surface area contributed by atoms with Crippen molar-refractivity contribution in [1.82, 2.24) is 5.32 Å². The Morgan fingerprint density at radius 2 is 2.00 bits per heavy atom. The van der Waals surface area contributed by atoms with Gasteiger partial charge in [0, 0.05) is 6.42 Å². The van der Waals surface area contributed by atoms with E-state index < -0.39 is 0 Å². The molecule has 0 aliphatic carbocycles. The van der Waals surface area contributed by atoms with Crippen LogP contribution in [0.4, 0.5) is 0 Å². The number of fused-ring (bicyclic) bond motifs is 1. The Kier molecular flexibility index (Phi) is 3.78. The van der Waals surface area contributed by atoms with Crippen LogP contribution in [0.15, 0.2) is 55.1 Å². The molecule has 0 aliphatic heterocycles. The largest absolute Gasteiger partial charge is 0.349 e. The van der Waals surface area contributed by atoms with Crippen molar-refractivity contribution in [3.05, 3.63) is 60.7 Å². The van der Waals surface area contributed by atoms with E-state index in [1.165, 1.54) is 10.8 Å². The van der Waals surface area contributed by atoms with Gasteiger partial charge in [-0.15, -0.1) is 6.58 Å². The topological polar surface area (TPSA) is 29.1 Å². The van der Waals surface area contributed by atoms with Crippen molar-refractivity contribution in [3.63, 3.8) is 0 Å². The first-order valence-corrected chi connectivity index (χ1v) is 6.10. The fourth-order valence-electron chi connectivity index (χ4n) is 2.14. The fourth-order valence-corrected chi connectivity index (χ4v) is 2.14. The number of benzene rings is 2. The van der Waals surface area contributed by atoms with Gasteiger partial charge in [0.25, 0.3) is 0 Å². The molecule has 2 nitrogen and oxygen atoms in total. The van der Waals surface area contributed by atoms with Gasteiger partial charge in [0.05, 0.1) is 6.04 Å². The van der Waals surface area contributed by atoms with Gasteiger partial charge in [-0.05, 0) is 23.3 Å². The summed E-state index contributed by atoms with van der Waals surface area (Å²) >= 11 is 0. The van der Waals surface area contributed by atoms with Crippen LogP contribution >= 0.6 is 0 Å². The predicted molar refractivity (Wildman–Crippen MR) is 75.3 cm³/mol. The second-order valence-electron chi connectivity index (χ2n) is 4.35. The summed E-state index contributed by atoms with van der Waals surface area (Å²) in [4.78, 5) is 11.6. The molecule has 18 heavy (non-hydrogen) atoms. The van der Waals surface area contributed by atoms with Crippen molar-refractivity contribution in [2.24, 2.45) is 0 Å². The van der Waals surface area contributed by atoms with Crippen LogP contribution in [0.3, 0.4) is 0 Å². The summed E-state index contributed by atoms with van der Waals surface area (Å²) in [7, 11) is 0. The summed E-state index contributed by atoms with van der Waals surface area (Å²) in [5, 5.41) is 5.36. The zero-order chi connectivity index (χ0) is 13.0. The van der Waals surface area contributed by atoms with Gasteiger partial charge in [-0.25, -0.2) is 0 Å². The number of hydrogen-bond acceptors (Lipinski definition) is 1. The highest BCUT2D eigenvalue weighted by Gasteiger charge is 2.10. The molecule has 0 aromatic heterocycles. The van der Waals surface area contributed by atoms with E-state index in [-0.39, 0.29) is 11.9 Å². The number of rotatable bonds is 4. The standard InChI is InChI=1S/C16H17NO/c1-3-7-16(18)17-12(2)14-11-6-9-13-8-4-5-10-15(13)14/h3-6,8-12H,1,7H2,2H3,(H,17,18). The van der Waals surface area contributed by atoms with Crippen LogP contribution in [0.1, 0.15) is 24.9 Å². The molecule has 0 aliphatic rings. The molecule has 0 spiro atoms. The minimum absolute atomic E-state index is 0.00329. The molecule has 2 heteroatoms. The van der Waals surface area contributed by atoms with Gasteiger partial charge in [0.15, 0.2) is 0 Å². The average molecular weight is 239 g/mol. The lowest BCUT2D eigenvalue weighted by molar-refractivity contribution is -0.120. The first-order chi connectivity index (χ1) is 8.72. The molecule has 0 fully saturated rings. The molecule has 0 bridgehead atoms. The lowest BCUT2D eigenvalue weighted by Gasteiger charge is -2.16. The Labute approximate surface area is 107 Å². The van der Waals surface area contributed by atoms with Crippen molar-refractivity contribution < 1.29 is 4.79 Å². The molecule has 2 aromatic rings. The molecule has 1 atom stereocenters. The van der Waals surface area contributed by atoms with Crippen molar-refractivity contribution in [3.8, 4) is 0 Å². The Morgan fingerprint density at radius 1 is 1.28 bits per heavy atom. The van der Waals surface area contributed by atoms with Gasteiger partial charge in [0.1, 0.15) is 0 Å². The molecular weight excluding hydrogens is 222 g/mol. The molecule has 1 unspecified atom stereocenters. The van der Waals surface area contributed by atoms with E-state index in [0.29, 0.717) is 6.42 Å². The van der Waals surface area contributed by atoms with E-state index in [1.54, 1.807) is 6.08 Å². The normalized spacial score (nSPS) is 12.1. The van der Waals surface area contributed by atoms with Gasteiger partial charge in [-0.1, -0.05) is 48.5 Å². The molecule has 0 saturated carbocycles. The molecule has 1 amide bonds. The predicted octanol–water partition coefficient (Wildman–Crippen LogP) is 3.59. The zero-order valence-electron chi connectivity index (χ0n) is 10.5. The summed E-state index contributed by atoms with van der Waals surface area (Å²) in [5.41, 5.74) is 1.14. The van der Waals surface area contributed by atoms with Gasteiger partial charge < -0.3 is 5.32 Å². The van der Waals surface area contributed by atoms with Gasteiger partial charge >= 0.3 is 0 Å². The number of nitrogens with one attached hydrogen (secondary N) is 1. The number of amides is 1. The van der Waals surface area contributed by atoms with Gasteiger partial charge in [0.2, 0.25) is 5.91 Å². The van der Waals surface area contributed by atoms with E-state index in [2.05, 4.69) is 36.2 Å². The Morgan fingerprint density at radius 3 is 2.78 bits per heavy atom. The highest BCUT2D eigenvalue weighted by Crippen LogP contribution is 2.23. The van der Waals surface area contributed by atoms with Crippen LogP contribution < -0.4 is 5.32 Å². The zero-order valence-corrected chi connectivity index (χ0v) is 10.5. The molecule has 2 rings (SSSR count). The minimum Gasteiger partial charge on any atom is -0.349 e. The van der Waals surface area contributed by atoms with E-state index in [4.69, 9.17) is 0 Å². The molecule has 1 N–H and O–H groups in total. The molecule has 92 valence electrons. The summed E-state index contributed by atoms with van der Waals surface area (Å²) in [6.45, 7) is 5.57. The quantitative estimate of drug-likeness (QED) is 0.812. The molecule has 0 saturated heterocycles. The van der Waals surface area contributed by atoms with Crippen molar-refractivity contribution in [1.29, 1.82) is 0 Å². The Balaban J connectivity index is 2.30. The maximum atomic E-state index is 11.6. The van der Waals surface area contributed by atoms with Gasteiger partial charge in [-0.3, -0.25) is 4.79 Å². The third-order valence-corrected chi connectivity index (χ3v) is 3.00. The molecule has 2 aromatic carbocycles. The second kappa shape index (κ2) is 5.50. The van der Waals surface area contributed by atoms with E-state index >= 15 is 0 Å². The van der Waals surface area contributed by atoms with E-state index in [0.717, 1.165) is 5.56 Å². The van der Waals surface area contributed by atoms with Crippen LogP contribution in [0.2, 0.25) is 0 Å². The number of hydrogen-bond donors (Lipinski definition) is 1.